The summed E-state index contributed by atoms with van der Waals surface area (Å²) in [7, 11) is 0. The summed E-state index contributed by atoms with van der Waals surface area (Å²) in [4.78, 5) is 9.67. The molecule has 0 radical (unpaired) electrons. The van der Waals surface area contributed by atoms with Gasteiger partial charge in [-0.1, -0.05) is 6.92 Å². The van der Waals surface area contributed by atoms with Gasteiger partial charge in [0.05, 0.1) is 5.69 Å². The van der Waals surface area contributed by atoms with Gasteiger partial charge in [0.25, 0.3) is 0 Å². The van der Waals surface area contributed by atoms with Crippen LogP contribution in [0.2, 0.25) is 0 Å². The van der Waals surface area contributed by atoms with Crippen molar-refractivity contribution in [1.82, 2.24) is 9.97 Å². The van der Waals surface area contributed by atoms with Crippen LogP contribution in [0.25, 0.3) is 0 Å². The van der Waals surface area contributed by atoms with Crippen LogP contribution < -0.4 is 10.6 Å². The van der Waals surface area contributed by atoms with Crippen LogP contribution in [0, 0.1) is 5.82 Å². The van der Waals surface area contributed by atoms with Gasteiger partial charge in [0.15, 0.2) is 11.6 Å². The number of nitrogens with two attached hydrogens (primary N) is 1. The first kappa shape index (κ1) is 11.8. The Morgan fingerprint density at radius 1 is 1.40 bits per heavy atom. The average molecular weight is 212 g/mol. The highest BCUT2D eigenvalue weighted by Gasteiger charge is 2.14. The van der Waals surface area contributed by atoms with Gasteiger partial charge in [-0.15, -0.1) is 0 Å². The number of rotatable bonds is 5. The molecule has 15 heavy (non-hydrogen) atoms. The van der Waals surface area contributed by atoms with Crippen LogP contribution in [0.3, 0.4) is 0 Å². The molecule has 0 amide bonds. The van der Waals surface area contributed by atoms with E-state index in [1.807, 2.05) is 18.7 Å². The molecule has 0 fully saturated rings. The van der Waals surface area contributed by atoms with Crippen LogP contribution in [0.1, 0.15) is 19.5 Å². The second kappa shape index (κ2) is 5.60. The smallest absolute Gasteiger partial charge is 0.187 e. The van der Waals surface area contributed by atoms with Gasteiger partial charge in [-0.05, 0) is 13.3 Å². The molecule has 1 aromatic heterocycles. The summed E-state index contributed by atoms with van der Waals surface area (Å²) in [5.74, 6) is 0.0325. The van der Waals surface area contributed by atoms with Gasteiger partial charge in [0.1, 0.15) is 6.33 Å². The van der Waals surface area contributed by atoms with Crippen molar-refractivity contribution < 1.29 is 4.39 Å². The van der Waals surface area contributed by atoms with E-state index in [2.05, 4.69) is 9.97 Å². The summed E-state index contributed by atoms with van der Waals surface area (Å²) in [6.07, 6.45) is 1.97. The average Bonchev–Trinajstić information content (AvgIpc) is 2.27. The number of hydrogen-bond donors (Lipinski definition) is 1. The Kier molecular flexibility index (Phi) is 4.42. The number of aryl methyl sites for hydroxylation is 1. The molecule has 1 aromatic rings. The Hall–Kier alpha value is -1.23. The highest BCUT2D eigenvalue weighted by Crippen LogP contribution is 2.17. The van der Waals surface area contributed by atoms with Gasteiger partial charge in [-0.3, -0.25) is 0 Å². The molecule has 1 rings (SSSR count). The Morgan fingerprint density at radius 2 is 2.13 bits per heavy atom. The minimum Gasteiger partial charge on any atom is -0.353 e. The van der Waals surface area contributed by atoms with Gasteiger partial charge in [0, 0.05) is 19.6 Å². The van der Waals surface area contributed by atoms with Crippen LogP contribution in [0.15, 0.2) is 6.33 Å². The third-order valence-electron chi connectivity index (χ3n) is 2.26. The summed E-state index contributed by atoms with van der Waals surface area (Å²) in [5, 5.41) is 0. The lowest BCUT2D eigenvalue weighted by atomic mass is 10.3. The number of aromatic nitrogens is 2. The second-order valence-electron chi connectivity index (χ2n) is 3.18. The Bertz CT molecular complexity index is 316. The second-order valence-corrected chi connectivity index (χ2v) is 3.18. The topological polar surface area (TPSA) is 55.0 Å². The first-order valence-electron chi connectivity index (χ1n) is 5.18. The number of halogens is 1. The maximum Gasteiger partial charge on any atom is 0.187 e. The van der Waals surface area contributed by atoms with Crippen LogP contribution in [-0.4, -0.2) is 29.6 Å². The third kappa shape index (κ3) is 2.62. The SMILES string of the molecule is CCc1ncnc(N(CC)CCN)c1F. The fourth-order valence-corrected chi connectivity index (χ4v) is 1.43. The van der Waals surface area contributed by atoms with Crippen LogP contribution in [0.5, 0.6) is 0 Å². The van der Waals surface area contributed by atoms with E-state index in [1.54, 1.807) is 0 Å². The lowest BCUT2D eigenvalue weighted by Crippen LogP contribution is -2.31. The molecule has 4 nitrogen and oxygen atoms in total. The molecule has 0 unspecified atom stereocenters. The first-order chi connectivity index (χ1) is 7.24. The molecule has 1 heterocycles. The molecule has 0 saturated heterocycles. The number of nitrogens with zero attached hydrogens (tertiary/aromatic N) is 3. The van der Waals surface area contributed by atoms with E-state index in [4.69, 9.17) is 5.73 Å². The van der Waals surface area contributed by atoms with Crippen LogP contribution in [0.4, 0.5) is 10.2 Å². The zero-order valence-electron chi connectivity index (χ0n) is 9.20. The van der Waals surface area contributed by atoms with Gasteiger partial charge in [-0.2, -0.15) is 0 Å². The normalized spacial score (nSPS) is 10.4. The van der Waals surface area contributed by atoms with Crippen molar-refractivity contribution in [3.63, 3.8) is 0 Å². The number of hydrogen-bond acceptors (Lipinski definition) is 4. The Labute approximate surface area is 89.3 Å². The monoisotopic (exact) mass is 212 g/mol. The first-order valence-corrected chi connectivity index (χ1v) is 5.18. The van der Waals surface area contributed by atoms with Crippen molar-refractivity contribution in [2.75, 3.05) is 24.5 Å². The molecule has 84 valence electrons. The molecule has 0 spiro atoms. The largest absolute Gasteiger partial charge is 0.353 e. The van der Waals surface area contributed by atoms with Crippen molar-refractivity contribution in [2.45, 2.75) is 20.3 Å². The van der Waals surface area contributed by atoms with E-state index < -0.39 is 0 Å². The van der Waals surface area contributed by atoms with Crippen molar-refractivity contribution in [2.24, 2.45) is 5.73 Å². The summed E-state index contributed by atoms with van der Waals surface area (Å²) in [5.41, 5.74) is 5.91. The highest BCUT2D eigenvalue weighted by atomic mass is 19.1. The quantitative estimate of drug-likeness (QED) is 0.790. The minimum atomic E-state index is -0.324. The van der Waals surface area contributed by atoms with Crippen molar-refractivity contribution in [3.8, 4) is 0 Å². The molecular formula is C10H17FN4. The van der Waals surface area contributed by atoms with Crippen molar-refractivity contribution in [3.05, 3.63) is 17.8 Å². The third-order valence-corrected chi connectivity index (χ3v) is 2.26. The molecule has 0 atom stereocenters. The lowest BCUT2D eigenvalue weighted by Gasteiger charge is -2.21. The van der Waals surface area contributed by atoms with E-state index in [-0.39, 0.29) is 5.82 Å². The molecule has 0 aliphatic heterocycles. The predicted octanol–water partition coefficient (Wildman–Crippen LogP) is 0.963. The summed E-state index contributed by atoms with van der Waals surface area (Å²) in [6, 6.07) is 0. The fourth-order valence-electron chi connectivity index (χ4n) is 1.43. The van der Waals surface area contributed by atoms with Gasteiger partial charge in [0.2, 0.25) is 0 Å². The summed E-state index contributed by atoms with van der Waals surface area (Å²) >= 11 is 0. The standard InChI is InChI=1S/C10H17FN4/c1-3-8-9(11)10(14-7-13-8)15(4-2)6-5-12/h7H,3-6,12H2,1-2H3. The molecule has 0 bridgehead atoms. The van der Waals surface area contributed by atoms with Crippen molar-refractivity contribution >= 4 is 5.82 Å². The summed E-state index contributed by atoms with van der Waals surface area (Å²) in [6.45, 7) is 5.60. The van der Waals surface area contributed by atoms with E-state index in [1.165, 1.54) is 6.33 Å². The molecule has 0 aliphatic rings. The predicted molar refractivity (Wildman–Crippen MR) is 58.3 cm³/mol. The zero-order valence-corrected chi connectivity index (χ0v) is 9.20. The zero-order chi connectivity index (χ0) is 11.3. The van der Waals surface area contributed by atoms with Crippen molar-refractivity contribution in [1.29, 1.82) is 0 Å². The molecule has 2 N–H and O–H groups in total. The number of likely N-dealkylation sites (N-methyl/N-ethyl adjacent to an activating group) is 1. The molecule has 5 heteroatoms. The minimum absolute atomic E-state index is 0.324. The maximum absolute atomic E-state index is 13.8. The van der Waals surface area contributed by atoms with Gasteiger partial charge < -0.3 is 10.6 Å². The molecular weight excluding hydrogens is 195 g/mol. The van der Waals surface area contributed by atoms with Crippen LogP contribution >= 0.6 is 0 Å². The Balaban J connectivity index is 3.01. The van der Waals surface area contributed by atoms with Gasteiger partial charge >= 0.3 is 0 Å². The molecule has 0 aromatic carbocycles. The van der Waals surface area contributed by atoms with Gasteiger partial charge in [-0.25, -0.2) is 14.4 Å². The molecule has 0 saturated carbocycles. The summed E-state index contributed by atoms with van der Waals surface area (Å²) < 4.78 is 13.8. The van der Waals surface area contributed by atoms with E-state index >= 15 is 0 Å². The fraction of sp³-hybridized carbons (Fsp3) is 0.600. The highest BCUT2D eigenvalue weighted by molar-refractivity contribution is 5.40. The number of anilines is 1. The Morgan fingerprint density at radius 3 is 2.67 bits per heavy atom. The maximum atomic E-state index is 13.8. The molecule has 0 aliphatic carbocycles. The van der Waals surface area contributed by atoms with Crippen LogP contribution in [-0.2, 0) is 6.42 Å². The lowest BCUT2D eigenvalue weighted by molar-refractivity contribution is 0.584. The van der Waals surface area contributed by atoms with E-state index in [0.29, 0.717) is 37.6 Å². The van der Waals surface area contributed by atoms with E-state index in [0.717, 1.165) is 0 Å². The van der Waals surface area contributed by atoms with E-state index in [9.17, 15) is 4.39 Å².